The molecule has 0 aliphatic rings. The molecule has 1 N–H and O–H groups in total. The van der Waals surface area contributed by atoms with E-state index in [4.69, 9.17) is 9.47 Å². The van der Waals surface area contributed by atoms with Crippen molar-refractivity contribution in [2.24, 2.45) is 0 Å². The zero-order chi connectivity index (χ0) is 12.7. The minimum Gasteiger partial charge on any atom is -0.383 e. The molecule has 5 nitrogen and oxygen atoms in total. The minimum atomic E-state index is -0.383. The summed E-state index contributed by atoms with van der Waals surface area (Å²) in [6.45, 7) is 8.15. The van der Waals surface area contributed by atoms with Crippen LogP contribution in [0.15, 0.2) is 0 Å². The first-order valence-electron chi connectivity index (χ1n) is 5.87. The van der Waals surface area contributed by atoms with Gasteiger partial charge in [-0.2, -0.15) is 4.37 Å². The Bertz CT molecular complexity index is 332. The van der Waals surface area contributed by atoms with E-state index >= 15 is 0 Å². The average Bonchev–Trinajstić information content (AvgIpc) is 2.79. The maximum Gasteiger partial charge on any atom is 0.202 e. The number of ether oxygens (including phenoxy) is 2. The molecule has 0 amide bonds. The molecule has 1 rings (SSSR count). The fourth-order valence-corrected chi connectivity index (χ4v) is 2.11. The van der Waals surface area contributed by atoms with Gasteiger partial charge in [-0.3, -0.25) is 0 Å². The summed E-state index contributed by atoms with van der Waals surface area (Å²) in [7, 11) is 1.68. The Hall–Kier alpha value is -0.720. The molecule has 0 aliphatic carbocycles. The second kappa shape index (κ2) is 6.88. The Kier molecular flexibility index (Phi) is 5.80. The van der Waals surface area contributed by atoms with E-state index in [0.717, 1.165) is 23.9 Å². The Morgan fingerprint density at radius 3 is 2.76 bits per heavy atom. The van der Waals surface area contributed by atoms with E-state index in [2.05, 4.69) is 21.6 Å². The molecule has 0 saturated carbocycles. The fourth-order valence-electron chi connectivity index (χ4n) is 1.41. The SMILES string of the molecule is CCOC(C)(CC)c1nsc(NCCOC)n1. The average molecular weight is 259 g/mol. The van der Waals surface area contributed by atoms with Gasteiger partial charge < -0.3 is 14.8 Å². The van der Waals surface area contributed by atoms with Crippen molar-refractivity contribution in [2.45, 2.75) is 32.8 Å². The normalized spacial score (nSPS) is 14.6. The zero-order valence-corrected chi connectivity index (χ0v) is 11.8. The highest BCUT2D eigenvalue weighted by Gasteiger charge is 2.29. The Labute approximate surface area is 107 Å². The van der Waals surface area contributed by atoms with Gasteiger partial charge in [0, 0.05) is 31.8 Å². The van der Waals surface area contributed by atoms with Crippen LogP contribution in [0.2, 0.25) is 0 Å². The van der Waals surface area contributed by atoms with Gasteiger partial charge in [0.25, 0.3) is 0 Å². The summed E-state index contributed by atoms with van der Waals surface area (Å²) in [5.74, 6) is 0.756. The highest BCUT2D eigenvalue weighted by Crippen LogP contribution is 2.28. The summed E-state index contributed by atoms with van der Waals surface area (Å²) in [5.41, 5.74) is -0.383. The molecule has 0 spiro atoms. The van der Waals surface area contributed by atoms with Gasteiger partial charge >= 0.3 is 0 Å². The topological polar surface area (TPSA) is 56.3 Å². The number of nitrogens with zero attached hydrogens (tertiary/aromatic N) is 2. The number of aromatic nitrogens is 2. The molecule has 1 heterocycles. The molecule has 1 aromatic heterocycles. The second-order valence-electron chi connectivity index (χ2n) is 3.86. The molecule has 1 unspecified atom stereocenters. The van der Waals surface area contributed by atoms with Crippen LogP contribution in [0, 0.1) is 0 Å². The van der Waals surface area contributed by atoms with E-state index in [1.807, 2.05) is 13.8 Å². The van der Waals surface area contributed by atoms with Gasteiger partial charge in [0.15, 0.2) is 5.82 Å². The van der Waals surface area contributed by atoms with Crippen LogP contribution in [-0.4, -0.2) is 36.2 Å². The number of rotatable bonds is 8. The molecule has 1 aromatic rings. The molecular formula is C11H21N3O2S. The second-order valence-corrected chi connectivity index (χ2v) is 4.61. The third-order valence-electron chi connectivity index (χ3n) is 2.62. The van der Waals surface area contributed by atoms with Crippen LogP contribution in [0.25, 0.3) is 0 Å². The van der Waals surface area contributed by atoms with Crippen LogP contribution in [-0.2, 0) is 15.1 Å². The third kappa shape index (κ3) is 3.90. The molecule has 6 heteroatoms. The van der Waals surface area contributed by atoms with Crippen molar-refractivity contribution in [3.63, 3.8) is 0 Å². The predicted octanol–water partition coefficient (Wildman–Crippen LogP) is 2.26. The molecule has 0 fully saturated rings. The first kappa shape index (κ1) is 14.3. The van der Waals surface area contributed by atoms with E-state index in [1.165, 1.54) is 11.5 Å². The number of hydrogen-bond donors (Lipinski definition) is 1. The lowest BCUT2D eigenvalue weighted by Crippen LogP contribution is -2.26. The van der Waals surface area contributed by atoms with Gasteiger partial charge in [0.1, 0.15) is 5.60 Å². The van der Waals surface area contributed by atoms with Gasteiger partial charge in [-0.1, -0.05) is 6.92 Å². The van der Waals surface area contributed by atoms with Crippen molar-refractivity contribution < 1.29 is 9.47 Å². The lowest BCUT2D eigenvalue weighted by atomic mass is 10.0. The van der Waals surface area contributed by atoms with Crippen molar-refractivity contribution in [1.82, 2.24) is 9.36 Å². The van der Waals surface area contributed by atoms with Crippen molar-refractivity contribution in [3.8, 4) is 0 Å². The quantitative estimate of drug-likeness (QED) is 0.726. The smallest absolute Gasteiger partial charge is 0.202 e. The first-order valence-corrected chi connectivity index (χ1v) is 6.64. The highest BCUT2D eigenvalue weighted by atomic mass is 32.1. The van der Waals surface area contributed by atoms with E-state index in [9.17, 15) is 0 Å². The molecule has 0 bridgehead atoms. The van der Waals surface area contributed by atoms with Crippen LogP contribution in [0.4, 0.5) is 5.13 Å². The summed E-state index contributed by atoms with van der Waals surface area (Å²) in [6, 6.07) is 0. The Morgan fingerprint density at radius 2 is 2.18 bits per heavy atom. The molecular weight excluding hydrogens is 238 g/mol. The van der Waals surface area contributed by atoms with Crippen LogP contribution in [0.1, 0.15) is 33.0 Å². The van der Waals surface area contributed by atoms with Crippen molar-refractivity contribution in [2.75, 3.05) is 32.2 Å². The minimum absolute atomic E-state index is 0.383. The Morgan fingerprint density at radius 1 is 1.41 bits per heavy atom. The Balaban J connectivity index is 2.65. The van der Waals surface area contributed by atoms with Gasteiger partial charge in [-0.25, -0.2) is 4.98 Å². The van der Waals surface area contributed by atoms with Crippen LogP contribution in [0.5, 0.6) is 0 Å². The molecule has 17 heavy (non-hydrogen) atoms. The molecule has 0 aliphatic heterocycles. The van der Waals surface area contributed by atoms with Gasteiger partial charge in [-0.15, -0.1) is 0 Å². The third-order valence-corrected chi connectivity index (χ3v) is 3.29. The van der Waals surface area contributed by atoms with Crippen LogP contribution in [0.3, 0.4) is 0 Å². The summed E-state index contributed by atoms with van der Waals surface area (Å²) in [4.78, 5) is 4.46. The zero-order valence-electron chi connectivity index (χ0n) is 10.9. The number of hydrogen-bond acceptors (Lipinski definition) is 6. The standard InChI is InChI=1S/C11H21N3O2S/c1-5-11(3,16-6-2)9-13-10(17-14-9)12-7-8-15-4/h5-8H2,1-4H3,(H,12,13,14). The maximum absolute atomic E-state index is 5.73. The number of anilines is 1. The fraction of sp³-hybridized carbons (Fsp3) is 0.818. The number of methoxy groups -OCH3 is 1. The lowest BCUT2D eigenvalue weighted by molar-refractivity contribution is -0.0381. The van der Waals surface area contributed by atoms with Gasteiger partial charge in [0.05, 0.1) is 6.61 Å². The summed E-state index contributed by atoms with van der Waals surface area (Å²) >= 11 is 1.36. The lowest BCUT2D eigenvalue weighted by Gasteiger charge is -2.24. The van der Waals surface area contributed by atoms with Gasteiger partial charge in [0.2, 0.25) is 5.13 Å². The van der Waals surface area contributed by atoms with Crippen LogP contribution < -0.4 is 5.32 Å². The maximum atomic E-state index is 5.73. The van der Waals surface area contributed by atoms with Crippen molar-refractivity contribution in [1.29, 1.82) is 0 Å². The summed E-state index contributed by atoms with van der Waals surface area (Å²) < 4.78 is 15.1. The molecule has 1 atom stereocenters. The first-order chi connectivity index (χ1) is 8.16. The number of nitrogens with one attached hydrogen (secondary N) is 1. The van der Waals surface area contributed by atoms with E-state index in [1.54, 1.807) is 7.11 Å². The molecule has 0 aromatic carbocycles. The van der Waals surface area contributed by atoms with Crippen molar-refractivity contribution >= 4 is 16.7 Å². The van der Waals surface area contributed by atoms with E-state index in [0.29, 0.717) is 13.2 Å². The largest absolute Gasteiger partial charge is 0.383 e. The summed E-state index contributed by atoms with van der Waals surface area (Å²) in [5, 5.41) is 3.98. The molecule has 0 radical (unpaired) electrons. The van der Waals surface area contributed by atoms with E-state index < -0.39 is 0 Å². The monoisotopic (exact) mass is 259 g/mol. The van der Waals surface area contributed by atoms with Crippen LogP contribution >= 0.6 is 11.5 Å². The molecule has 98 valence electrons. The van der Waals surface area contributed by atoms with Crippen molar-refractivity contribution in [3.05, 3.63) is 5.82 Å². The predicted molar refractivity (Wildman–Crippen MR) is 69.5 cm³/mol. The molecule has 0 saturated heterocycles. The van der Waals surface area contributed by atoms with Gasteiger partial charge in [-0.05, 0) is 20.3 Å². The van der Waals surface area contributed by atoms with E-state index in [-0.39, 0.29) is 5.60 Å². The summed E-state index contributed by atoms with van der Waals surface area (Å²) in [6.07, 6.45) is 0.856. The highest BCUT2D eigenvalue weighted by molar-refractivity contribution is 7.09.